The second kappa shape index (κ2) is 7.81. The molecule has 0 aliphatic rings. The van der Waals surface area contributed by atoms with Gasteiger partial charge in [-0.1, -0.05) is 6.07 Å². The van der Waals surface area contributed by atoms with Gasteiger partial charge in [0.1, 0.15) is 11.5 Å². The van der Waals surface area contributed by atoms with E-state index in [1.165, 1.54) is 0 Å². The van der Waals surface area contributed by atoms with Crippen LogP contribution in [0.3, 0.4) is 0 Å². The minimum Gasteiger partial charge on any atom is -0.390 e. The smallest absolute Gasteiger partial charge is 0.274 e. The molecule has 0 aliphatic carbocycles. The first-order valence-corrected chi connectivity index (χ1v) is 10.0. The molecule has 0 saturated heterocycles. The van der Waals surface area contributed by atoms with Gasteiger partial charge in [-0.15, -0.1) is 0 Å². The SMILES string of the molecule is Cc1cccc(C(=O)Nc2cc3c(cc2C(C)(C)O)nc(CCC(C)(C)O)n3C)n1. The molecule has 0 bridgehead atoms. The molecular formula is C23H30N4O3. The molecule has 0 radical (unpaired) electrons. The summed E-state index contributed by atoms with van der Waals surface area (Å²) in [5.74, 6) is 0.491. The molecule has 1 aromatic carbocycles. The van der Waals surface area contributed by atoms with E-state index in [0.717, 1.165) is 22.6 Å². The summed E-state index contributed by atoms with van der Waals surface area (Å²) in [5, 5.41) is 23.7. The number of hydrogen-bond acceptors (Lipinski definition) is 5. The van der Waals surface area contributed by atoms with Crippen LogP contribution in [0.15, 0.2) is 30.3 Å². The largest absolute Gasteiger partial charge is 0.390 e. The number of rotatable bonds is 6. The van der Waals surface area contributed by atoms with E-state index in [-0.39, 0.29) is 5.91 Å². The van der Waals surface area contributed by atoms with Crippen molar-refractivity contribution in [2.24, 2.45) is 7.05 Å². The van der Waals surface area contributed by atoms with Gasteiger partial charge in [0.2, 0.25) is 0 Å². The van der Waals surface area contributed by atoms with Gasteiger partial charge in [0.25, 0.3) is 5.91 Å². The van der Waals surface area contributed by atoms with E-state index < -0.39 is 11.2 Å². The highest BCUT2D eigenvalue weighted by Gasteiger charge is 2.24. The highest BCUT2D eigenvalue weighted by molar-refractivity contribution is 6.04. The topological polar surface area (TPSA) is 100 Å². The van der Waals surface area contributed by atoms with Crippen LogP contribution < -0.4 is 5.32 Å². The van der Waals surface area contributed by atoms with E-state index >= 15 is 0 Å². The number of fused-ring (bicyclic) bond motifs is 1. The fourth-order valence-electron chi connectivity index (χ4n) is 3.39. The first-order valence-electron chi connectivity index (χ1n) is 10.0. The molecule has 0 fully saturated rings. The number of imidazole rings is 1. The molecule has 7 heteroatoms. The second-order valence-corrected chi connectivity index (χ2v) is 8.96. The Bertz CT molecular complexity index is 1090. The van der Waals surface area contributed by atoms with Crippen molar-refractivity contribution in [1.29, 1.82) is 0 Å². The summed E-state index contributed by atoms with van der Waals surface area (Å²) in [6.45, 7) is 8.72. The maximum atomic E-state index is 12.8. The van der Waals surface area contributed by atoms with E-state index in [1.54, 1.807) is 39.8 Å². The lowest BCUT2D eigenvalue weighted by atomic mass is 9.95. The van der Waals surface area contributed by atoms with Crippen LogP contribution in [0.1, 0.15) is 61.7 Å². The van der Waals surface area contributed by atoms with E-state index in [4.69, 9.17) is 4.98 Å². The highest BCUT2D eigenvalue weighted by Crippen LogP contribution is 2.33. The zero-order valence-electron chi connectivity index (χ0n) is 18.4. The zero-order valence-corrected chi connectivity index (χ0v) is 18.4. The average Bonchev–Trinajstić information content (AvgIpc) is 2.93. The van der Waals surface area contributed by atoms with E-state index in [1.807, 2.05) is 36.7 Å². The predicted molar refractivity (Wildman–Crippen MR) is 118 cm³/mol. The van der Waals surface area contributed by atoms with Crippen molar-refractivity contribution in [1.82, 2.24) is 14.5 Å². The van der Waals surface area contributed by atoms with Gasteiger partial charge < -0.3 is 20.1 Å². The minimum atomic E-state index is -1.18. The highest BCUT2D eigenvalue weighted by atomic mass is 16.3. The first-order chi connectivity index (χ1) is 13.8. The van der Waals surface area contributed by atoms with Crippen LogP contribution in [-0.2, 0) is 19.1 Å². The molecular weight excluding hydrogens is 380 g/mol. The third-order valence-electron chi connectivity index (χ3n) is 5.10. The summed E-state index contributed by atoms with van der Waals surface area (Å²) >= 11 is 0. The number of carbonyl (C=O) groups excluding carboxylic acids is 1. The van der Waals surface area contributed by atoms with Gasteiger partial charge in [-0.25, -0.2) is 9.97 Å². The van der Waals surface area contributed by atoms with E-state index in [9.17, 15) is 15.0 Å². The summed E-state index contributed by atoms with van der Waals surface area (Å²) in [4.78, 5) is 21.8. The monoisotopic (exact) mass is 410 g/mol. The molecule has 3 N–H and O–H groups in total. The van der Waals surface area contributed by atoms with Gasteiger partial charge in [0.05, 0.1) is 22.2 Å². The van der Waals surface area contributed by atoms with Crippen molar-refractivity contribution in [3.05, 3.63) is 53.1 Å². The fraction of sp³-hybridized carbons (Fsp3) is 0.435. The summed E-state index contributed by atoms with van der Waals surface area (Å²) in [6.07, 6.45) is 1.19. The summed E-state index contributed by atoms with van der Waals surface area (Å²) in [7, 11) is 1.91. The van der Waals surface area contributed by atoms with E-state index in [0.29, 0.717) is 29.8 Å². The lowest BCUT2D eigenvalue weighted by Gasteiger charge is -2.22. The van der Waals surface area contributed by atoms with Crippen LogP contribution in [0.5, 0.6) is 0 Å². The minimum absolute atomic E-state index is 0.313. The third kappa shape index (κ3) is 4.86. The third-order valence-corrected chi connectivity index (χ3v) is 5.10. The number of aryl methyl sites for hydroxylation is 3. The lowest BCUT2D eigenvalue weighted by molar-refractivity contribution is 0.0706. The van der Waals surface area contributed by atoms with Crippen LogP contribution in [0, 0.1) is 6.92 Å². The van der Waals surface area contributed by atoms with E-state index in [2.05, 4.69) is 10.3 Å². The van der Waals surface area contributed by atoms with Crippen LogP contribution in [0.4, 0.5) is 5.69 Å². The van der Waals surface area contributed by atoms with Gasteiger partial charge in [0.15, 0.2) is 0 Å². The maximum Gasteiger partial charge on any atom is 0.274 e. The van der Waals surface area contributed by atoms with Crippen LogP contribution >= 0.6 is 0 Å². The Morgan fingerprint density at radius 2 is 1.83 bits per heavy atom. The number of nitrogens with zero attached hydrogens (tertiary/aromatic N) is 3. The Morgan fingerprint density at radius 3 is 2.43 bits per heavy atom. The normalized spacial score (nSPS) is 12.4. The number of aliphatic hydroxyl groups is 2. The summed E-state index contributed by atoms with van der Waals surface area (Å²) < 4.78 is 1.95. The first kappa shape index (κ1) is 21.9. The number of amides is 1. The van der Waals surface area contributed by atoms with Crippen LogP contribution in [0.2, 0.25) is 0 Å². The van der Waals surface area contributed by atoms with Crippen molar-refractivity contribution in [2.75, 3.05) is 5.32 Å². The van der Waals surface area contributed by atoms with Crippen molar-refractivity contribution in [2.45, 2.75) is 58.7 Å². The molecule has 3 rings (SSSR count). The summed E-state index contributed by atoms with van der Waals surface area (Å²) in [6, 6.07) is 8.91. The van der Waals surface area contributed by atoms with Crippen molar-refractivity contribution >= 4 is 22.6 Å². The number of anilines is 1. The standard InChI is InChI=1S/C23H30N4O3/c1-14-8-7-9-16(24-14)21(28)26-17-13-19-18(12-15(17)23(4,5)30)25-20(27(19)6)10-11-22(2,3)29/h7-9,12-13,29-30H,10-11H2,1-6H3,(H,26,28). The molecule has 0 spiro atoms. The molecule has 0 saturated carbocycles. The average molecular weight is 411 g/mol. The maximum absolute atomic E-state index is 12.8. The zero-order chi connectivity index (χ0) is 22.3. The van der Waals surface area contributed by atoms with Crippen molar-refractivity contribution < 1.29 is 15.0 Å². The lowest BCUT2D eigenvalue weighted by Crippen LogP contribution is -2.21. The van der Waals surface area contributed by atoms with Gasteiger partial charge in [0, 0.05) is 30.4 Å². The molecule has 3 aromatic rings. The number of aromatic nitrogens is 3. The molecule has 30 heavy (non-hydrogen) atoms. The molecule has 0 unspecified atom stereocenters. The van der Waals surface area contributed by atoms with Crippen molar-refractivity contribution in [3.8, 4) is 0 Å². The molecule has 0 aliphatic heterocycles. The number of nitrogens with one attached hydrogen (secondary N) is 1. The molecule has 2 heterocycles. The Balaban J connectivity index is 2.03. The predicted octanol–water partition coefficient (Wildman–Crippen LogP) is 3.46. The van der Waals surface area contributed by atoms with Gasteiger partial charge >= 0.3 is 0 Å². The molecule has 160 valence electrons. The van der Waals surface area contributed by atoms with Gasteiger partial charge in [-0.3, -0.25) is 4.79 Å². The van der Waals surface area contributed by atoms with Gasteiger partial charge in [-0.2, -0.15) is 0 Å². The molecule has 7 nitrogen and oxygen atoms in total. The number of hydrogen-bond donors (Lipinski definition) is 3. The summed E-state index contributed by atoms with van der Waals surface area (Å²) in [5.41, 5.74) is 1.76. The Morgan fingerprint density at radius 1 is 1.13 bits per heavy atom. The molecule has 0 atom stereocenters. The van der Waals surface area contributed by atoms with Crippen LogP contribution in [0.25, 0.3) is 11.0 Å². The second-order valence-electron chi connectivity index (χ2n) is 8.96. The number of benzene rings is 1. The molecule has 1 amide bonds. The number of carbonyl (C=O) groups is 1. The molecule has 2 aromatic heterocycles. The number of pyridine rings is 1. The Hall–Kier alpha value is -2.77. The van der Waals surface area contributed by atoms with Crippen molar-refractivity contribution in [3.63, 3.8) is 0 Å². The quantitative estimate of drug-likeness (QED) is 0.578. The van der Waals surface area contributed by atoms with Gasteiger partial charge in [-0.05, 0) is 65.3 Å². The Labute approximate surface area is 176 Å². The van der Waals surface area contributed by atoms with Crippen LogP contribution in [-0.4, -0.2) is 36.3 Å². The fourth-order valence-corrected chi connectivity index (χ4v) is 3.39. The Kier molecular flexibility index (Phi) is 5.71.